The van der Waals surface area contributed by atoms with Crippen molar-refractivity contribution in [2.45, 2.75) is 19.8 Å². The maximum absolute atomic E-state index is 12.3. The Balaban J connectivity index is 2.03. The SMILES string of the molecule is CCOC(=O)C1CCCN(C(=O)c2ccc(Cl)cn2)C1. The predicted octanol–water partition coefficient (Wildman–Crippen LogP) is 2.15. The number of hydrogen-bond donors (Lipinski definition) is 0. The Bertz CT molecular complexity index is 490. The molecule has 0 N–H and O–H groups in total. The number of hydrogen-bond acceptors (Lipinski definition) is 4. The van der Waals surface area contributed by atoms with Crippen molar-refractivity contribution in [2.75, 3.05) is 19.7 Å². The number of rotatable bonds is 3. The highest BCUT2D eigenvalue weighted by Gasteiger charge is 2.30. The third-order valence-corrected chi connectivity index (χ3v) is 3.50. The first kappa shape index (κ1) is 14.8. The number of esters is 1. The average Bonchev–Trinajstić information content (AvgIpc) is 2.48. The van der Waals surface area contributed by atoms with Crippen molar-refractivity contribution in [3.63, 3.8) is 0 Å². The lowest BCUT2D eigenvalue weighted by Gasteiger charge is -2.31. The third kappa shape index (κ3) is 3.48. The number of halogens is 1. The van der Waals surface area contributed by atoms with E-state index in [2.05, 4.69) is 4.98 Å². The van der Waals surface area contributed by atoms with Gasteiger partial charge in [-0.15, -0.1) is 0 Å². The fraction of sp³-hybridized carbons (Fsp3) is 0.500. The quantitative estimate of drug-likeness (QED) is 0.802. The van der Waals surface area contributed by atoms with Crippen molar-refractivity contribution in [2.24, 2.45) is 5.92 Å². The summed E-state index contributed by atoms with van der Waals surface area (Å²) in [7, 11) is 0. The normalized spacial score (nSPS) is 18.7. The summed E-state index contributed by atoms with van der Waals surface area (Å²) in [5, 5.41) is 0.490. The predicted molar refractivity (Wildman–Crippen MR) is 74.5 cm³/mol. The van der Waals surface area contributed by atoms with Crippen molar-refractivity contribution in [1.29, 1.82) is 0 Å². The topological polar surface area (TPSA) is 59.5 Å². The van der Waals surface area contributed by atoms with Gasteiger partial charge in [-0.1, -0.05) is 11.6 Å². The van der Waals surface area contributed by atoms with Crippen LogP contribution in [0.2, 0.25) is 5.02 Å². The second-order valence-electron chi connectivity index (χ2n) is 4.70. The molecule has 1 aliphatic rings. The van der Waals surface area contributed by atoms with E-state index in [0.29, 0.717) is 30.4 Å². The molecule has 1 saturated heterocycles. The molecule has 1 aliphatic heterocycles. The summed E-state index contributed by atoms with van der Waals surface area (Å²) < 4.78 is 5.02. The molecule has 5 nitrogen and oxygen atoms in total. The molecule has 1 fully saturated rings. The monoisotopic (exact) mass is 296 g/mol. The first-order valence-corrected chi connectivity index (χ1v) is 7.07. The van der Waals surface area contributed by atoms with Gasteiger partial charge in [0.2, 0.25) is 0 Å². The number of carbonyl (C=O) groups excluding carboxylic acids is 2. The van der Waals surface area contributed by atoms with E-state index in [1.54, 1.807) is 24.0 Å². The zero-order valence-electron chi connectivity index (χ0n) is 11.3. The largest absolute Gasteiger partial charge is 0.466 e. The van der Waals surface area contributed by atoms with Gasteiger partial charge in [-0.05, 0) is 31.9 Å². The fourth-order valence-corrected chi connectivity index (χ4v) is 2.39. The summed E-state index contributed by atoms with van der Waals surface area (Å²) in [5.41, 5.74) is 0.346. The van der Waals surface area contributed by atoms with Gasteiger partial charge in [0.05, 0.1) is 17.5 Å². The van der Waals surface area contributed by atoms with Crippen LogP contribution >= 0.6 is 11.6 Å². The summed E-state index contributed by atoms with van der Waals surface area (Å²) in [4.78, 5) is 29.7. The van der Waals surface area contributed by atoms with Gasteiger partial charge in [0.1, 0.15) is 5.69 Å². The van der Waals surface area contributed by atoms with E-state index in [9.17, 15) is 9.59 Å². The highest BCUT2D eigenvalue weighted by Crippen LogP contribution is 2.19. The first-order valence-electron chi connectivity index (χ1n) is 6.69. The van der Waals surface area contributed by atoms with E-state index in [4.69, 9.17) is 16.3 Å². The molecule has 2 heterocycles. The van der Waals surface area contributed by atoms with Crippen molar-refractivity contribution >= 4 is 23.5 Å². The number of pyridine rings is 1. The zero-order chi connectivity index (χ0) is 14.5. The smallest absolute Gasteiger partial charge is 0.310 e. The summed E-state index contributed by atoms with van der Waals surface area (Å²) >= 11 is 5.75. The lowest BCUT2D eigenvalue weighted by molar-refractivity contribution is -0.149. The number of amides is 1. The van der Waals surface area contributed by atoms with Gasteiger partial charge in [0, 0.05) is 19.3 Å². The highest BCUT2D eigenvalue weighted by molar-refractivity contribution is 6.30. The molecule has 0 spiro atoms. The molecule has 0 radical (unpaired) electrons. The molecule has 0 bridgehead atoms. The first-order chi connectivity index (χ1) is 9.61. The Morgan fingerprint density at radius 1 is 1.50 bits per heavy atom. The summed E-state index contributed by atoms with van der Waals surface area (Å²) in [6, 6.07) is 3.23. The Hall–Kier alpha value is -1.62. The van der Waals surface area contributed by atoms with Gasteiger partial charge < -0.3 is 9.64 Å². The van der Waals surface area contributed by atoms with E-state index in [1.165, 1.54) is 6.20 Å². The number of likely N-dealkylation sites (tertiary alicyclic amines) is 1. The van der Waals surface area contributed by atoms with Crippen LogP contribution in [-0.2, 0) is 9.53 Å². The molecular weight excluding hydrogens is 280 g/mol. The number of aromatic nitrogens is 1. The summed E-state index contributed by atoms with van der Waals surface area (Å²) in [6.07, 6.45) is 3.00. The number of carbonyl (C=O) groups is 2. The second kappa shape index (κ2) is 6.70. The van der Waals surface area contributed by atoms with Crippen LogP contribution in [0.3, 0.4) is 0 Å². The van der Waals surface area contributed by atoms with Crippen molar-refractivity contribution in [3.8, 4) is 0 Å². The van der Waals surface area contributed by atoms with Crippen molar-refractivity contribution < 1.29 is 14.3 Å². The summed E-state index contributed by atoms with van der Waals surface area (Å²) in [5.74, 6) is -0.635. The minimum absolute atomic E-state index is 0.171. The maximum atomic E-state index is 12.3. The van der Waals surface area contributed by atoms with Gasteiger partial charge in [-0.2, -0.15) is 0 Å². The zero-order valence-corrected chi connectivity index (χ0v) is 12.1. The van der Waals surface area contributed by atoms with Gasteiger partial charge in [0.15, 0.2) is 0 Å². The minimum atomic E-state index is -0.236. The van der Waals surface area contributed by atoms with Crippen LogP contribution in [0.1, 0.15) is 30.3 Å². The molecule has 0 aromatic carbocycles. The molecule has 0 saturated carbocycles. The van der Waals surface area contributed by atoms with Crippen molar-refractivity contribution in [3.05, 3.63) is 29.0 Å². The summed E-state index contributed by atoms with van der Waals surface area (Å²) in [6.45, 7) is 3.17. The lowest BCUT2D eigenvalue weighted by atomic mass is 9.98. The third-order valence-electron chi connectivity index (χ3n) is 3.28. The molecule has 1 aromatic rings. The van der Waals surface area contributed by atoms with Crippen LogP contribution in [0.25, 0.3) is 0 Å². The molecule has 1 unspecified atom stereocenters. The van der Waals surface area contributed by atoms with Crippen LogP contribution in [0.4, 0.5) is 0 Å². The van der Waals surface area contributed by atoms with Gasteiger partial charge in [0.25, 0.3) is 5.91 Å². The highest BCUT2D eigenvalue weighted by atomic mass is 35.5. The Morgan fingerprint density at radius 3 is 2.95 bits per heavy atom. The molecule has 1 aromatic heterocycles. The number of ether oxygens (including phenoxy) is 1. The Labute approximate surface area is 122 Å². The van der Waals surface area contributed by atoms with E-state index in [0.717, 1.165) is 12.8 Å². The van der Waals surface area contributed by atoms with E-state index >= 15 is 0 Å². The van der Waals surface area contributed by atoms with Crippen LogP contribution in [0.15, 0.2) is 18.3 Å². The standard InChI is InChI=1S/C14H17ClN2O3/c1-2-20-14(19)10-4-3-7-17(9-10)13(18)12-6-5-11(15)8-16-12/h5-6,8,10H,2-4,7,9H2,1H3. The molecule has 20 heavy (non-hydrogen) atoms. The lowest BCUT2D eigenvalue weighted by Crippen LogP contribution is -2.43. The Morgan fingerprint density at radius 2 is 2.30 bits per heavy atom. The Kier molecular flexibility index (Phi) is 4.95. The molecule has 2 rings (SSSR count). The molecule has 6 heteroatoms. The average molecular weight is 297 g/mol. The van der Waals surface area contributed by atoms with Gasteiger partial charge in [-0.3, -0.25) is 9.59 Å². The van der Waals surface area contributed by atoms with E-state index in [-0.39, 0.29) is 17.8 Å². The number of nitrogens with zero attached hydrogens (tertiary/aromatic N) is 2. The number of piperidine rings is 1. The molecule has 108 valence electrons. The van der Waals surface area contributed by atoms with Gasteiger partial charge in [-0.25, -0.2) is 4.98 Å². The van der Waals surface area contributed by atoms with Crippen LogP contribution < -0.4 is 0 Å². The molecule has 0 aliphatic carbocycles. The van der Waals surface area contributed by atoms with Crippen LogP contribution in [0, 0.1) is 5.92 Å². The molecule has 1 atom stereocenters. The maximum Gasteiger partial charge on any atom is 0.310 e. The van der Waals surface area contributed by atoms with Crippen molar-refractivity contribution in [1.82, 2.24) is 9.88 Å². The fourth-order valence-electron chi connectivity index (χ4n) is 2.28. The van der Waals surface area contributed by atoms with Crippen LogP contribution in [0.5, 0.6) is 0 Å². The second-order valence-corrected chi connectivity index (χ2v) is 5.14. The molecular formula is C14H17ClN2O3. The van der Waals surface area contributed by atoms with E-state index < -0.39 is 0 Å². The minimum Gasteiger partial charge on any atom is -0.466 e. The van der Waals surface area contributed by atoms with Gasteiger partial charge >= 0.3 is 5.97 Å². The van der Waals surface area contributed by atoms with E-state index in [1.807, 2.05) is 0 Å². The molecule has 1 amide bonds. The van der Waals surface area contributed by atoms with Crippen LogP contribution in [-0.4, -0.2) is 41.5 Å².